The molecule has 21 heavy (non-hydrogen) atoms. The van der Waals surface area contributed by atoms with Crippen molar-refractivity contribution in [2.45, 2.75) is 51.0 Å². The lowest BCUT2D eigenvalue weighted by atomic mass is 9.82. The van der Waals surface area contributed by atoms with Gasteiger partial charge in [0.1, 0.15) is 0 Å². The average molecular weight is 311 g/mol. The molecule has 0 aromatic heterocycles. The van der Waals surface area contributed by atoms with Crippen LogP contribution in [0, 0.1) is 5.92 Å². The van der Waals surface area contributed by atoms with Crippen molar-refractivity contribution < 1.29 is 4.79 Å². The van der Waals surface area contributed by atoms with E-state index >= 15 is 0 Å². The number of hydrogen-bond donors (Lipinski definition) is 2. The van der Waals surface area contributed by atoms with E-state index in [0.717, 1.165) is 24.9 Å². The van der Waals surface area contributed by atoms with Crippen LogP contribution in [0.2, 0.25) is 0 Å². The average Bonchev–Trinajstić information content (AvgIpc) is 2.45. The van der Waals surface area contributed by atoms with Gasteiger partial charge in [-0.2, -0.15) is 0 Å². The Bertz CT molecular complexity index is 447. The zero-order valence-corrected chi connectivity index (χ0v) is 13.8. The van der Waals surface area contributed by atoms with Crippen LogP contribution in [0.1, 0.15) is 45.1 Å². The molecular weight excluding hydrogens is 284 g/mol. The number of rotatable bonds is 4. The lowest BCUT2D eigenvalue weighted by Crippen LogP contribution is -2.43. The van der Waals surface area contributed by atoms with E-state index in [2.05, 4.69) is 5.32 Å². The second-order valence-corrected chi connectivity index (χ2v) is 6.49. The van der Waals surface area contributed by atoms with Crippen LogP contribution in [0.5, 0.6) is 0 Å². The van der Waals surface area contributed by atoms with Crippen LogP contribution in [0.25, 0.3) is 0 Å². The smallest absolute Gasteiger partial charge is 0.230 e. The van der Waals surface area contributed by atoms with Gasteiger partial charge in [-0.3, -0.25) is 4.79 Å². The van der Waals surface area contributed by atoms with Gasteiger partial charge in [0.2, 0.25) is 5.91 Å². The van der Waals surface area contributed by atoms with Gasteiger partial charge in [0.25, 0.3) is 0 Å². The Kier molecular flexibility index (Phi) is 6.69. The first kappa shape index (κ1) is 18.0. The van der Waals surface area contributed by atoms with E-state index in [4.69, 9.17) is 5.73 Å². The Morgan fingerprint density at radius 3 is 2.57 bits per heavy atom. The highest BCUT2D eigenvalue weighted by atomic mass is 35.5. The van der Waals surface area contributed by atoms with E-state index in [1.165, 1.54) is 12.8 Å². The topological polar surface area (TPSA) is 55.1 Å². The lowest BCUT2D eigenvalue weighted by Gasteiger charge is -2.29. The van der Waals surface area contributed by atoms with Gasteiger partial charge < -0.3 is 11.1 Å². The summed E-state index contributed by atoms with van der Waals surface area (Å²) in [5.41, 5.74) is 6.56. The van der Waals surface area contributed by atoms with Gasteiger partial charge in [0.05, 0.1) is 5.41 Å². The van der Waals surface area contributed by atoms with Gasteiger partial charge in [-0.1, -0.05) is 36.8 Å². The molecule has 1 aliphatic rings. The molecule has 1 aliphatic carbocycles. The van der Waals surface area contributed by atoms with Crippen molar-refractivity contribution in [2.75, 3.05) is 6.54 Å². The van der Waals surface area contributed by atoms with Crippen molar-refractivity contribution in [2.24, 2.45) is 11.7 Å². The Morgan fingerprint density at radius 1 is 1.29 bits per heavy atom. The highest BCUT2D eigenvalue weighted by molar-refractivity contribution is 5.87. The minimum atomic E-state index is -0.488. The summed E-state index contributed by atoms with van der Waals surface area (Å²) in [5.74, 6) is 0.636. The van der Waals surface area contributed by atoms with Crippen molar-refractivity contribution in [1.82, 2.24) is 5.32 Å². The fraction of sp³-hybridized carbons (Fsp3) is 0.588. The number of benzene rings is 1. The SMILES string of the molecule is CC(C)(C(=O)NCC1CCCC(N)C1)c1ccccc1.Cl. The molecule has 0 heterocycles. The highest BCUT2D eigenvalue weighted by Crippen LogP contribution is 2.25. The van der Waals surface area contributed by atoms with Gasteiger partial charge >= 0.3 is 0 Å². The summed E-state index contributed by atoms with van der Waals surface area (Å²) in [4.78, 5) is 12.4. The Labute approximate surface area is 134 Å². The van der Waals surface area contributed by atoms with Crippen molar-refractivity contribution in [1.29, 1.82) is 0 Å². The second kappa shape index (κ2) is 7.81. The Hall–Kier alpha value is -1.06. The number of nitrogens with two attached hydrogens (primary N) is 1. The second-order valence-electron chi connectivity index (χ2n) is 6.49. The summed E-state index contributed by atoms with van der Waals surface area (Å²) in [6, 6.07) is 10.3. The maximum atomic E-state index is 12.4. The fourth-order valence-electron chi connectivity index (χ4n) is 2.96. The van der Waals surface area contributed by atoms with Crippen molar-refractivity contribution in [3.05, 3.63) is 35.9 Å². The summed E-state index contributed by atoms with van der Waals surface area (Å²) < 4.78 is 0. The maximum absolute atomic E-state index is 12.4. The monoisotopic (exact) mass is 310 g/mol. The number of carbonyl (C=O) groups excluding carboxylic acids is 1. The van der Waals surface area contributed by atoms with Gasteiger partial charge in [-0.25, -0.2) is 0 Å². The van der Waals surface area contributed by atoms with Crippen LogP contribution in [0.4, 0.5) is 0 Å². The molecule has 0 saturated heterocycles. The first-order valence-corrected chi connectivity index (χ1v) is 7.59. The standard InChI is InChI=1S/C17H26N2O.ClH/c1-17(2,14-8-4-3-5-9-14)16(20)19-12-13-7-6-10-15(18)11-13;/h3-5,8-9,13,15H,6-7,10-12,18H2,1-2H3,(H,19,20);1H. The van der Waals surface area contributed by atoms with E-state index in [-0.39, 0.29) is 18.3 Å². The van der Waals surface area contributed by atoms with Gasteiger partial charge in [0.15, 0.2) is 0 Å². The van der Waals surface area contributed by atoms with Crippen LogP contribution < -0.4 is 11.1 Å². The summed E-state index contributed by atoms with van der Waals surface area (Å²) in [6.45, 7) is 4.71. The predicted octanol–water partition coefficient (Wildman–Crippen LogP) is 3.02. The largest absolute Gasteiger partial charge is 0.355 e. The van der Waals surface area contributed by atoms with E-state index in [1.54, 1.807) is 0 Å². The lowest BCUT2D eigenvalue weighted by molar-refractivity contribution is -0.125. The van der Waals surface area contributed by atoms with E-state index < -0.39 is 5.41 Å². The molecule has 2 atom stereocenters. The summed E-state index contributed by atoms with van der Waals surface area (Å²) in [7, 11) is 0. The van der Waals surface area contributed by atoms with Crippen LogP contribution in [0.3, 0.4) is 0 Å². The first-order chi connectivity index (χ1) is 9.50. The summed E-state index contributed by atoms with van der Waals surface area (Å²) in [6.07, 6.45) is 4.52. The number of nitrogens with one attached hydrogen (secondary N) is 1. The molecule has 1 saturated carbocycles. The Balaban J connectivity index is 0.00000220. The molecule has 1 fully saturated rings. The highest BCUT2D eigenvalue weighted by Gasteiger charge is 2.30. The third kappa shape index (κ3) is 4.72. The molecule has 1 aromatic rings. The molecule has 0 spiro atoms. The van der Waals surface area contributed by atoms with Crippen molar-refractivity contribution in [3.63, 3.8) is 0 Å². The van der Waals surface area contributed by atoms with Crippen molar-refractivity contribution in [3.8, 4) is 0 Å². The summed E-state index contributed by atoms with van der Waals surface area (Å²) >= 11 is 0. The molecule has 0 radical (unpaired) electrons. The number of carbonyl (C=O) groups is 1. The molecule has 3 nitrogen and oxygen atoms in total. The van der Waals surface area contributed by atoms with Crippen LogP contribution >= 0.6 is 12.4 Å². The molecule has 0 bridgehead atoms. The fourth-order valence-corrected chi connectivity index (χ4v) is 2.96. The van der Waals surface area contributed by atoms with E-state index in [0.29, 0.717) is 12.0 Å². The van der Waals surface area contributed by atoms with Gasteiger partial charge in [0, 0.05) is 12.6 Å². The quantitative estimate of drug-likeness (QED) is 0.898. The zero-order valence-electron chi connectivity index (χ0n) is 13.0. The molecule has 118 valence electrons. The molecule has 2 rings (SSSR count). The number of halogens is 1. The summed E-state index contributed by atoms with van der Waals surface area (Å²) in [5, 5.41) is 3.12. The minimum Gasteiger partial charge on any atom is -0.355 e. The third-order valence-electron chi connectivity index (χ3n) is 4.44. The molecule has 0 aliphatic heterocycles. The van der Waals surface area contributed by atoms with Crippen LogP contribution in [-0.4, -0.2) is 18.5 Å². The van der Waals surface area contributed by atoms with Gasteiger partial charge in [-0.05, 0) is 44.6 Å². The minimum absolute atomic E-state index is 0. The van der Waals surface area contributed by atoms with E-state index in [9.17, 15) is 4.79 Å². The van der Waals surface area contributed by atoms with Crippen LogP contribution in [0.15, 0.2) is 30.3 Å². The number of hydrogen-bond acceptors (Lipinski definition) is 2. The molecule has 1 amide bonds. The molecular formula is C17H27ClN2O. The third-order valence-corrected chi connectivity index (χ3v) is 4.44. The Morgan fingerprint density at radius 2 is 1.95 bits per heavy atom. The molecule has 1 aromatic carbocycles. The normalized spacial score (nSPS) is 22.2. The zero-order chi connectivity index (χ0) is 14.6. The maximum Gasteiger partial charge on any atom is 0.230 e. The van der Waals surface area contributed by atoms with Gasteiger partial charge in [-0.15, -0.1) is 12.4 Å². The first-order valence-electron chi connectivity index (χ1n) is 7.59. The van der Waals surface area contributed by atoms with Crippen molar-refractivity contribution >= 4 is 18.3 Å². The number of amides is 1. The van der Waals surface area contributed by atoms with E-state index in [1.807, 2.05) is 44.2 Å². The van der Waals surface area contributed by atoms with Crippen LogP contribution in [-0.2, 0) is 10.2 Å². The molecule has 2 unspecified atom stereocenters. The molecule has 4 heteroatoms. The molecule has 3 N–H and O–H groups in total. The predicted molar refractivity (Wildman–Crippen MR) is 89.7 cm³/mol.